The highest BCUT2D eigenvalue weighted by Gasteiger charge is 2.26. The number of hydrogen-bond acceptors (Lipinski definition) is 5. The van der Waals surface area contributed by atoms with Crippen molar-refractivity contribution in [1.29, 1.82) is 0 Å². The minimum Gasteiger partial charge on any atom is -0.493 e. The summed E-state index contributed by atoms with van der Waals surface area (Å²) >= 11 is 0. The van der Waals surface area contributed by atoms with Gasteiger partial charge in [-0.1, -0.05) is 30.7 Å². The lowest BCUT2D eigenvalue weighted by molar-refractivity contribution is -0.133. The van der Waals surface area contributed by atoms with E-state index in [2.05, 4.69) is 0 Å². The second-order valence-electron chi connectivity index (χ2n) is 8.89. The van der Waals surface area contributed by atoms with Crippen molar-refractivity contribution in [2.45, 2.75) is 46.2 Å². The number of carbonyl (C=O) groups excluding carboxylic acids is 2. The standard InChI is InChI=1S/C29H36N2O5/c1-6-22(3)31(29(33)24-12-9-21(2)10-13-24)20-28(32)30(19-25-8-7-17-36-25)16-15-23-11-14-26(34-4)27(18-23)35-5/h7-14,17-18,22H,6,15-16,19-20H2,1-5H3. The van der Waals surface area contributed by atoms with Crippen molar-refractivity contribution in [3.8, 4) is 11.5 Å². The molecule has 0 saturated carbocycles. The molecule has 1 heterocycles. The summed E-state index contributed by atoms with van der Waals surface area (Å²) in [5.74, 6) is 1.72. The van der Waals surface area contributed by atoms with Crippen LogP contribution in [0.15, 0.2) is 65.3 Å². The molecule has 0 aliphatic rings. The molecule has 0 radical (unpaired) electrons. The third-order valence-electron chi connectivity index (χ3n) is 6.39. The lowest BCUT2D eigenvalue weighted by atomic mass is 10.1. The summed E-state index contributed by atoms with van der Waals surface area (Å²) in [6.45, 7) is 6.75. The molecule has 0 N–H and O–H groups in total. The third kappa shape index (κ3) is 6.90. The Labute approximate surface area is 213 Å². The van der Waals surface area contributed by atoms with E-state index in [9.17, 15) is 9.59 Å². The summed E-state index contributed by atoms with van der Waals surface area (Å²) in [5, 5.41) is 0. The fourth-order valence-corrected chi connectivity index (χ4v) is 3.94. The van der Waals surface area contributed by atoms with Crippen LogP contribution in [0.5, 0.6) is 11.5 Å². The minimum absolute atomic E-state index is 0.00560. The average molecular weight is 493 g/mol. The third-order valence-corrected chi connectivity index (χ3v) is 6.39. The number of benzene rings is 2. The smallest absolute Gasteiger partial charge is 0.254 e. The number of nitrogens with zero attached hydrogens (tertiary/aromatic N) is 2. The fraction of sp³-hybridized carbons (Fsp3) is 0.379. The highest BCUT2D eigenvalue weighted by atomic mass is 16.5. The Balaban J connectivity index is 1.79. The van der Waals surface area contributed by atoms with Crippen LogP contribution in [0.3, 0.4) is 0 Å². The summed E-state index contributed by atoms with van der Waals surface area (Å²) in [6, 6.07) is 16.8. The molecule has 1 atom stereocenters. The van der Waals surface area contributed by atoms with Crippen molar-refractivity contribution in [3.05, 3.63) is 83.3 Å². The lowest BCUT2D eigenvalue weighted by Crippen LogP contribution is -2.46. The van der Waals surface area contributed by atoms with Crippen LogP contribution >= 0.6 is 0 Å². The van der Waals surface area contributed by atoms with E-state index in [0.717, 1.165) is 17.5 Å². The molecule has 7 heteroatoms. The second-order valence-corrected chi connectivity index (χ2v) is 8.89. The van der Waals surface area contributed by atoms with Crippen molar-refractivity contribution in [2.24, 2.45) is 0 Å². The number of aryl methyl sites for hydroxylation is 1. The van der Waals surface area contributed by atoms with Gasteiger partial charge in [-0.05, 0) is 68.7 Å². The molecule has 2 amide bonds. The van der Waals surface area contributed by atoms with Crippen LogP contribution in [0.4, 0.5) is 0 Å². The predicted octanol–water partition coefficient (Wildman–Crippen LogP) is 5.12. The summed E-state index contributed by atoms with van der Waals surface area (Å²) in [7, 11) is 3.20. The Bertz CT molecular complexity index is 1130. The molecule has 0 spiro atoms. The van der Waals surface area contributed by atoms with Crippen molar-refractivity contribution < 1.29 is 23.5 Å². The second kappa shape index (κ2) is 12.8. The zero-order valence-corrected chi connectivity index (χ0v) is 21.8. The van der Waals surface area contributed by atoms with Gasteiger partial charge in [0.1, 0.15) is 12.3 Å². The van der Waals surface area contributed by atoms with Crippen LogP contribution in [0.1, 0.15) is 47.5 Å². The van der Waals surface area contributed by atoms with Gasteiger partial charge in [0, 0.05) is 18.2 Å². The maximum atomic E-state index is 13.6. The lowest BCUT2D eigenvalue weighted by Gasteiger charge is -2.31. The number of ether oxygens (including phenoxy) is 2. The van der Waals surface area contributed by atoms with Crippen LogP contribution in [-0.2, 0) is 17.8 Å². The van der Waals surface area contributed by atoms with E-state index in [1.54, 1.807) is 36.3 Å². The summed E-state index contributed by atoms with van der Waals surface area (Å²) in [6.07, 6.45) is 2.95. The minimum atomic E-state index is -0.143. The summed E-state index contributed by atoms with van der Waals surface area (Å²) in [4.78, 5) is 30.3. The van der Waals surface area contributed by atoms with Gasteiger partial charge >= 0.3 is 0 Å². The molecule has 192 valence electrons. The van der Waals surface area contributed by atoms with E-state index < -0.39 is 0 Å². The van der Waals surface area contributed by atoms with E-state index in [1.807, 2.05) is 69.3 Å². The molecule has 2 aromatic carbocycles. The van der Waals surface area contributed by atoms with E-state index in [4.69, 9.17) is 13.9 Å². The first-order valence-electron chi connectivity index (χ1n) is 12.2. The molecule has 0 saturated heterocycles. The van der Waals surface area contributed by atoms with E-state index in [0.29, 0.717) is 42.3 Å². The number of amides is 2. The molecular formula is C29H36N2O5. The first-order valence-corrected chi connectivity index (χ1v) is 12.2. The van der Waals surface area contributed by atoms with E-state index >= 15 is 0 Å². The topological polar surface area (TPSA) is 72.2 Å². The Morgan fingerprint density at radius 2 is 1.72 bits per heavy atom. The van der Waals surface area contributed by atoms with Crippen molar-refractivity contribution >= 4 is 11.8 Å². The Hall–Kier alpha value is -3.74. The van der Waals surface area contributed by atoms with Crippen LogP contribution in [-0.4, -0.2) is 55.0 Å². The Kier molecular flexibility index (Phi) is 9.56. The maximum Gasteiger partial charge on any atom is 0.254 e. The number of furan rings is 1. The molecule has 0 aliphatic carbocycles. The molecule has 0 aliphatic heterocycles. The van der Waals surface area contributed by atoms with Crippen LogP contribution in [0.2, 0.25) is 0 Å². The van der Waals surface area contributed by atoms with Crippen molar-refractivity contribution in [3.63, 3.8) is 0 Å². The first-order chi connectivity index (χ1) is 17.4. The molecule has 1 unspecified atom stereocenters. The van der Waals surface area contributed by atoms with Crippen LogP contribution in [0, 0.1) is 6.92 Å². The Morgan fingerprint density at radius 1 is 1.00 bits per heavy atom. The molecule has 7 nitrogen and oxygen atoms in total. The molecule has 36 heavy (non-hydrogen) atoms. The number of hydrogen-bond donors (Lipinski definition) is 0. The zero-order chi connectivity index (χ0) is 26.1. The van der Waals surface area contributed by atoms with Gasteiger partial charge in [-0.25, -0.2) is 0 Å². The van der Waals surface area contributed by atoms with E-state index in [-0.39, 0.29) is 24.4 Å². The van der Waals surface area contributed by atoms with Gasteiger partial charge in [0.2, 0.25) is 5.91 Å². The Morgan fingerprint density at radius 3 is 2.33 bits per heavy atom. The van der Waals surface area contributed by atoms with Gasteiger partial charge in [-0.15, -0.1) is 0 Å². The number of methoxy groups -OCH3 is 2. The highest BCUT2D eigenvalue weighted by Crippen LogP contribution is 2.28. The van der Waals surface area contributed by atoms with Gasteiger partial charge in [-0.2, -0.15) is 0 Å². The van der Waals surface area contributed by atoms with Crippen LogP contribution < -0.4 is 9.47 Å². The quantitative estimate of drug-likeness (QED) is 0.351. The van der Waals surface area contributed by atoms with Crippen molar-refractivity contribution in [2.75, 3.05) is 27.3 Å². The van der Waals surface area contributed by atoms with E-state index in [1.165, 1.54) is 0 Å². The largest absolute Gasteiger partial charge is 0.493 e. The zero-order valence-electron chi connectivity index (χ0n) is 21.8. The molecule has 3 rings (SSSR count). The predicted molar refractivity (Wildman–Crippen MR) is 139 cm³/mol. The first kappa shape index (κ1) is 26.9. The molecule has 1 aromatic heterocycles. The maximum absolute atomic E-state index is 13.6. The molecule has 3 aromatic rings. The van der Waals surface area contributed by atoms with Gasteiger partial charge in [0.05, 0.1) is 27.0 Å². The molecule has 0 fully saturated rings. The normalized spacial score (nSPS) is 11.6. The van der Waals surface area contributed by atoms with Gasteiger partial charge in [-0.3, -0.25) is 9.59 Å². The molecule has 0 bridgehead atoms. The highest BCUT2D eigenvalue weighted by molar-refractivity contribution is 5.96. The number of carbonyl (C=O) groups is 2. The van der Waals surface area contributed by atoms with Crippen LogP contribution in [0.25, 0.3) is 0 Å². The SMILES string of the molecule is CCC(C)N(CC(=O)N(CCc1ccc(OC)c(OC)c1)Cc1ccco1)C(=O)c1ccc(C)cc1. The monoisotopic (exact) mass is 492 g/mol. The van der Waals surface area contributed by atoms with Gasteiger partial charge in [0.25, 0.3) is 5.91 Å². The average Bonchev–Trinajstić information content (AvgIpc) is 3.42. The van der Waals surface area contributed by atoms with Crippen molar-refractivity contribution in [1.82, 2.24) is 9.80 Å². The van der Waals surface area contributed by atoms with Gasteiger partial charge in [0.15, 0.2) is 11.5 Å². The summed E-state index contributed by atoms with van der Waals surface area (Å²) < 4.78 is 16.3. The fourth-order valence-electron chi connectivity index (χ4n) is 3.94. The number of rotatable bonds is 12. The van der Waals surface area contributed by atoms with Gasteiger partial charge < -0.3 is 23.7 Å². The summed E-state index contributed by atoms with van der Waals surface area (Å²) in [5.41, 5.74) is 2.67. The molecular weight excluding hydrogens is 456 g/mol.